The minimum atomic E-state index is 0.0868. The molecule has 1 fully saturated rings. The van der Waals surface area contributed by atoms with Gasteiger partial charge in [-0.15, -0.1) is 0 Å². The van der Waals surface area contributed by atoms with Crippen LogP contribution in [0.4, 0.5) is 0 Å². The highest BCUT2D eigenvalue weighted by atomic mass is 16.2. The predicted molar refractivity (Wildman–Crippen MR) is 185 cm³/mol. The van der Waals surface area contributed by atoms with Crippen molar-refractivity contribution < 1.29 is 14.4 Å². The summed E-state index contributed by atoms with van der Waals surface area (Å²) >= 11 is 0. The van der Waals surface area contributed by atoms with Crippen LogP contribution in [-0.2, 0) is 21.7 Å². The minimum absolute atomic E-state index is 0.0868. The molecule has 1 amide bonds. The third kappa shape index (κ3) is 12.7. The molecule has 3 aromatic rings. The zero-order valence-corrected chi connectivity index (χ0v) is 27.5. The molecule has 238 valence electrons. The number of carbonyl (C=O) groups is 3. The van der Waals surface area contributed by atoms with Crippen molar-refractivity contribution in [2.75, 3.05) is 34.2 Å². The van der Waals surface area contributed by atoms with Crippen LogP contribution < -0.4 is 16.0 Å². The van der Waals surface area contributed by atoms with Crippen LogP contribution in [0.5, 0.6) is 0 Å². The lowest BCUT2D eigenvalue weighted by molar-refractivity contribution is -0.124. The third-order valence-corrected chi connectivity index (χ3v) is 7.17. The van der Waals surface area contributed by atoms with Crippen LogP contribution in [0.1, 0.15) is 67.9 Å². The Kier molecular flexibility index (Phi) is 18.6. The molecule has 4 rings (SSSR count). The van der Waals surface area contributed by atoms with Crippen LogP contribution >= 0.6 is 0 Å². The van der Waals surface area contributed by atoms with E-state index in [0.717, 1.165) is 37.8 Å². The second kappa shape index (κ2) is 21.6. The molecule has 1 saturated carbocycles. The lowest BCUT2D eigenvalue weighted by Crippen LogP contribution is -2.25. The van der Waals surface area contributed by atoms with Gasteiger partial charge in [-0.25, -0.2) is 0 Å². The molecule has 0 aliphatic heterocycles. The Morgan fingerprint density at radius 3 is 2.25 bits per heavy atom. The van der Waals surface area contributed by atoms with Crippen molar-refractivity contribution in [3.63, 3.8) is 0 Å². The van der Waals surface area contributed by atoms with Crippen molar-refractivity contribution in [1.82, 2.24) is 20.9 Å². The molecule has 0 spiro atoms. The fraction of sp³-hybridized carbons (Fsp3) is 0.378. The molecule has 0 aromatic heterocycles. The molecule has 3 N–H and O–H groups in total. The van der Waals surface area contributed by atoms with Crippen LogP contribution in [0.2, 0.25) is 0 Å². The summed E-state index contributed by atoms with van der Waals surface area (Å²) in [5, 5.41) is 11.9. The van der Waals surface area contributed by atoms with Crippen molar-refractivity contribution in [2.24, 2.45) is 0 Å². The Morgan fingerprint density at radius 2 is 1.64 bits per heavy atom. The van der Waals surface area contributed by atoms with Crippen molar-refractivity contribution in [2.45, 2.75) is 58.5 Å². The standard InChI is InChI=1S/C14H15N.C11H11NO2.C10H20N2O.C2H6/c1-15-14(9-10-14)13-8-4-6-11-5-2-3-7-12(11)13;1-9(7-13)12-6-10-4-2-3-5-11(10)8-14;1-4-5-9-12(3)10(13)7-6-8-11-2;1-2/h2-8,15H,9-10H2,1H3;2-5,7-8,12H,1,6H2;6-7,11H,4-5,8-9H2,1-3H3;1-2H3/b;;7-6+;. The number of rotatable bonds is 13. The molecule has 1 aliphatic rings. The Balaban J connectivity index is 0.000000322. The van der Waals surface area contributed by atoms with E-state index in [2.05, 4.69) is 79.0 Å². The SMILES string of the molecule is C=C(C=O)NCc1ccccc1C=O.CC.CCCCN(C)C(=O)/C=C/CNC.CNC1(c2cccc3ccccc23)CC1. The third-order valence-electron chi connectivity index (χ3n) is 7.17. The molecule has 0 radical (unpaired) electrons. The molecule has 7 heteroatoms. The number of unbranched alkanes of at least 4 members (excludes halogenated alkanes) is 1. The largest absolute Gasteiger partial charge is 0.379 e. The van der Waals surface area contributed by atoms with E-state index in [4.69, 9.17) is 0 Å². The van der Waals surface area contributed by atoms with Crippen LogP contribution in [0.3, 0.4) is 0 Å². The molecule has 0 saturated heterocycles. The van der Waals surface area contributed by atoms with E-state index in [-0.39, 0.29) is 11.4 Å². The number of likely N-dealkylation sites (N-methyl/N-ethyl adjacent to an activating group) is 2. The van der Waals surface area contributed by atoms with E-state index < -0.39 is 0 Å². The van der Waals surface area contributed by atoms with Gasteiger partial charge in [-0.3, -0.25) is 14.4 Å². The quantitative estimate of drug-likeness (QED) is 0.156. The summed E-state index contributed by atoms with van der Waals surface area (Å²) in [5.41, 5.74) is 3.51. The topological polar surface area (TPSA) is 90.5 Å². The van der Waals surface area contributed by atoms with Gasteiger partial charge in [0.25, 0.3) is 0 Å². The first kappa shape index (κ1) is 38.0. The number of allylic oxidation sites excluding steroid dienone is 1. The molecule has 44 heavy (non-hydrogen) atoms. The Labute approximate surface area is 264 Å². The summed E-state index contributed by atoms with van der Waals surface area (Å²) in [6.07, 6.45) is 9.61. The van der Waals surface area contributed by atoms with Gasteiger partial charge < -0.3 is 20.9 Å². The fourth-order valence-electron chi connectivity index (χ4n) is 4.39. The van der Waals surface area contributed by atoms with Gasteiger partial charge >= 0.3 is 0 Å². The van der Waals surface area contributed by atoms with Gasteiger partial charge in [-0.1, -0.05) is 107 Å². The van der Waals surface area contributed by atoms with E-state index in [1.54, 1.807) is 23.1 Å². The number of nitrogens with one attached hydrogen (secondary N) is 3. The number of hydrogen-bond acceptors (Lipinski definition) is 6. The molecule has 1 aliphatic carbocycles. The molecule has 0 atom stereocenters. The number of amides is 1. The maximum absolute atomic E-state index is 11.3. The predicted octanol–water partition coefficient (Wildman–Crippen LogP) is 6.40. The summed E-state index contributed by atoms with van der Waals surface area (Å²) < 4.78 is 0. The molecule has 7 nitrogen and oxygen atoms in total. The van der Waals surface area contributed by atoms with E-state index in [9.17, 15) is 14.4 Å². The summed E-state index contributed by atoms with van der Waals surface area (Å²) in [6.45, 7) is 11.6. The maximum Gasteiger partial charge on any atom is 0.246 e. The number of hydrogen-bond donors (Lipinski definition) is 3. The van der Waals surface area contributed by atoms with Crippen molar-refractivity contribution in [1.29, 1.82) is 0 Å². The number of benzene rings is 3. The van der Waals surface area contributed by atoms with Gasteiger partial charge in [0.1, 0.15) is 6.29 Å². The fourth-order valence-corrected chi connectivity index (χ4v) is 4.39. The molecule has 0 heterocycles. The van der Waals surface area contributed by atoms with Crippen LogP contribution in [0.25, 0.3) is 10.8 Å². The van der Waals surface area contributed by atoms with E-state index >= 15 is 0 Å². The molecule has 0 unspecified atom stereocenters. The normalized spacial score (nSPS) is 12.3. The lowest BCUT2D eigenvalue weighted by Gasteiger charge is -2.17. The minimum Gasteiger partial charge on any atom is -0.379 e. The highest BCUT2D eigenvalue weighted by Gasteiger charge is 2.43. The van der Waals surface area contributed by atoms with Crippen LogP contribution in [-0.4, -0.2) is 57.6 Å². The number of carbonyl (C=O) groups excluding carboxylic acids is 3. The van der Waals surface area contributed by atoms with E-state index in [1.807, 2.05) is 46.2 Å². The summed E-state index contributed by atoms with van der Waals surface area (Å²) in [5.74, 6) is 0.0868. The van der Waals surface area contributed by atoms with E-state index in [0.29, 0.717) is 24.1 Å². The van der Waals surface area contributed by atoms with Gasteiger partial charge in [-0.2, -0.15) is 0 Å². The molecular formula is C37H52N4O3. The lowest BCUT2D eigenvalue weighted by atomic mass is 9.97. The van der Waals surface area contributed by atoms with Gasteiger partial charge in [0.05, 0.1) is 5.70 Å². The zero-order chi connectivity index (χ0) is 32.8. The molecular weight excluding hydrogens is 548 g/mol. The average molecular weight is 601 g/mol. The first-order valence-corrected chi connectivity index (χ1v) is 15.5. The maximum atomic E-state index is 11.3. The first-order chi connectivity index (χ1) is 21.3. The second-order valence-electron chi connectivity index (χ2n) is 10.2. The number of fused-ring (bicyclic) bond motifs is 1. The Bertz CT molecular complexity index is 1330. The van der Waals surface area contributed by atoms with Gasteiger partial charge in [-0.05, 0) is 55.3 Å². The number of aldehydes is 2. The van der Waals surface area contributed by atoms with Gasteiger partial charge in [0.2, 0.25) is 5.91 Å². The Hall–Kier alpha value is -4.07. The number of nitrogens with zero attached hydrogens (tertiary/aromatic N) is 1. The zero-order valence-electron chi connectivity index (χ0n) is 27.5. The smallest absolute Gasteiger partial charge is 0.246 e. The molecule has 0 bridgehead atoms. The average Bonchev–Trinajstić information content (AvgIpc) is 3.88. The highest BCUT2D eigenvalue weighted by molar-refractivity contribution is 5.87. The summed E-state index contributed by atoms with van der Waals surface area (Å²) in [6, 6.07) is 22.4. The van der Waals surface area contributed by atoms with Crippen LogP contribution in [0, 0.1) is 0 Å². The van der Waals surface area contributed by atoms with Crippen molar-refractivity contribution >= 4 is 29.3 Å². The van der Waals surface area contributed by atoms with Gasteiger partial charge in [0, 0.05) is 43.9 Å². The van der Waals surface area contributed by atoms with Crippen molar-refractivity contribution in [3.8, 4) is 0 Å². The highest BCUT2D eigenvalue weighted by Crippen LogP contribution is 2.47. The van der Waals surface area contributed by atoms with Crippen LogP contribution in [0.15, 0.2) is 91.2 Å². The monoisotopic (exact) mass is 600 g/mol. The van der Waals surface area contributed by atoms with Crippen molar-refractivity contribution in [3.05, 3.63) is 108 Å². The Morgan fingerprint density at radius 1 is 0.977 bits per heavy atom. The van der Waals surface area contributed by atoms with Gasteiger partial charge in [0.15, 0.2) is 6.29 Å². The van der Waals surface area contributed by atoms with E-state index in [1.165, 1.54) is 29.2 Å². The summed E-state index contributed by atoms with van der Waals surface area (Å²) in [7, 11) is 5.76. The molecule has 3 aromatic carbocycles. The summed E-state index contributed by atoms with van der Waals surface area (Å²) in [4.78, 5) is 34.0. The second-order valence-corrected chi connectivity index (χ2v) is 10.2. The first-order valence-electron chi connectivity index (χ1n) is 15.5.